The van der Waals surface area contributed by atoms with Gasteiger partial charge in [-0.2, -0.15) is 0 Å². The SMILES string of the molecule is Cc1ccc(C(C(C)C)C(C)O)nc1. The van der Waals surface area contributed by atoms with Gasteiger partial charge in [0.05, 0.1) is 6.10 Å². The molecule has 2 nitrogen and oxygen atoms in total. The van der Waals surface area contributed by atoms with E-state index in [-0.39, 0.29) is 12.0 Å². The van der Waals surface area contributed by atoms with Gasteiger partial charge in [0.25, 0.3) is 0 Å². The van der Waals surface area contributed by atoms with Crippen molar-refractivity contribution >= 4 is 0 Å². The summed E-state index contributed by atoms with van der Waals surface area (Å²) in [6, 6.07) is 4.05. The third-order valence-electron chi connectivity index (χ3n) is 2.51. The minimum absolute atomic E-state index is 0.135. The first-order valence-electron chi connectivity index (χ1n) is 5.13. The lowest BCUT2D eigenvalue weighted by molar-refractivity contribution is 0.138. The van der Waals surface area contributed by atoms with Crippen LogP contribution in [0.15, 0.2) is 18.3 Å². The fraction of sp³-hybridized carbons (Fsp3) is 0.583. The van der Waals surface area contributed by atoms with Crippen molar-refractivity contribution in [2.45, 2.75) is 39.7 Å². The maximum atomic E-state index is 9.67. The van der Waals surface area contributed by atoms with Crippen LogP contribution in [0.5, 0.6) is 0 Å². The Labute approximate surface area is 86.0 Å². The summed E-state index contributed by atoms with van der Waals surface area (Å²) in [5.41, 5.74) is 2.14. The Kier molecular flexibility index (Phi) is 3.64. The lowest BCUT2D eigenvalue weighted by Crippen LogP contribution is -2.21. The van der Waals surface area contributed by atoms with Gasteiger partial charge in [-0.3, -0.25) is 4.98 Å². The van der Waals surface area contributed by atoms with E-state index in [0.717, 1.165) is 11.3 Å². The monoisotopic (exact) mass is 193 g/mol. The molecule has 0 aliphatic rings. The van der Waals surface area contributed by atoms with Crippen LogP contribution in [0.2, 0.25) is 0 Å². The molecule has 0 fully saturated rings. The molecule has 0 bridgehead atoms. The zero-order valence-electron chi connectivity index (χ0n) is 9.36. The Morgan fingerprint density at radius 3 is 2.21 bits per heavy atom. The smallest absolute Gasteiger partial charge is 0.0598 e. The molecule has 2 heteroatoms. The van der Waals surface area contributed by atoms with Gasteiger partial charge in [0.15, 0.2) is 0 Å². The molecular formula is C12H19NO. The van der Waals surface area contributed by atoms with Gasteiger partial charge >= 0.3 is 0 Å². The minimum Gasteiger partial charge on any atom is -0.393 e. The molecule has 0 aromatic carbocycles. The van der Waals surface area contributed by atoms with Crippen LogP contribution in [0, 0.1) is 12.8 Å². The van der Waals surface area contributed by atoms with Gasteiger partial charge < -0.3 is 5.11 Å². The zero-order chi connectivity index (χ0) is 10.7. The molecular weight excluding hydrogens is 174 g/mol. The molecule has 2 atom stereocenters. The van der Waals surface area contributed by atoms with Crippen molar-refractivity contribution in [3.05, 3.63) is 29.6 Å². The molecule has 0 saturated carbocycles. The molecule has 2 unspecified atom stereocenters. The molecule has 1 N–H and O–H groups in total. The molecule has 1 aromatic rings. The second kappa shape index (κ2) is 4.56. The zero-order valence-corrected chi connectivity index (χ0v) is 9.36. The molecule has 14 heavy (non-hydrogen) atoms. The number of aliphatic hydroxyl groups excluding tert-OH is 1. The minimum atomic E-state index is -0.342. The van der Waals surface area contributed by atoms with E-state index in [9.17, 15) is 5.11 Å². The van der Waals surface area contributed by atoms with Crippen molar-refractivity contribution < 1.29 is 5.11 Å². The van der Waals surface area contributed by atoms with E-state index in [1.807, 2.05) is 32.2 Å². The van der Waals surface area contributed by atoms with Crippen LogP contribution >= 0.6 is 0 Å². The Hall–Kier alpha value is -0.890. The average Bonchev–Trinajstić information content (AvgIpc) is 2.07. The van der Waals surface area contributed by atoms with E-state index in [2.05, 4.69) is 18.8 Å². The number of rotatable bonds is 3. The Morgan fingerprint density at radius 1 is 1.21 bits per heavy atom. The molecule has 1 heterocycles. The van der Waals surface area contributed by atoms with Crippen LogP contribution in [0.1, 0.15) is 37.9 Å². The molecule has 0 amide bonds. The Morgan fingerprint density at radius 2 is 1.86 bits per heavy atom. The van der Waals surface area contributed by atoms with Crippen LogP contribution in [0.4, 0.5) is 0 Å². The highest BCUT2D eigenvalue weighted by molar-refractivity contribution is 5.16. The summed E-state index contributed by atoms with van der Waals surface area (Å²) in [7, 11) is 0. The number of hydrogen-bond acceptors (Lipinski definition) is 2. The van der Waals surface area contributed by atoms with Crippen LogP contribution in [-0.4, -0.2) is 16.2 Å². The maximum absolute atomic E-state index is 9.67. The number of nitrogens with zero attached hydrogens (tertiary/aromatic N) is 1. The normalized spacial score (nSPS) is 15.6. The van der Waals surface area contributed by atoms with Crippen LogP contribution in [0.25, 0.3) is 0 Å². The third-order valence-corrected chi connectivity index (χ3v) is 2.51. The first-order chi connectivity index (χ1) is 6.52. The second-order valence-corrected chi connectivity index (χ2v) is 4.27. The molecule has 0 radical (unpaired) electrons. The number of aliphatic hydroxyl groups is 1. The molecule has 78 valence electrons. The first-order valence-corrected chi connectivity index (χ1v) is 5.13. The highest BCUT2D eigenvalue weighted by Gasteiger charge is 2.21. The van der Waals surface area contributed by atoms with Gasteiger partial charge in [-0.1, -0.05) is 19.9 Å². The predicted octanol–water partition coefficient (Wildman–Crippen LogP) is 2.51. The predicted molar refractivity (Wildman–Crippen MR) is 58.2 cm³/mol. The highest BCUT2D eigenvalue weighted by Crippen LogP contribution is 2.26. The van der Waals surface area contributed by atoms with Gasteiger partial charge in [-0.05, 0) is 31.4 Å². The summed E-state index contributed by atoms with van der Waals surface area (Å²) >= 11 is 0. The van der Waals surface area contributed by atoms with E-state index in [4.69, 9.17) is 0 Å². The summed E-state index contributed by atoms with van der Waals surface area (Å²) in [5.74, 6) is 0.542. The molecule has 0 aliphatic carbocycles. The Bertz CT molecular complexity index is 269. The number of aryl methyl sites for hydroxylation is 1. The largest absolute Gasteiger partial charge is 0.393 e. The van der Waals surface area contributed by atoms with Crippen molar-refractivity contribution in [3.63, 3.8) is 0 Å². The lowest BCUT2D eigenvalue weighted by atomic mass is 9.87. The van der Waals surface area contributed by atoms with Crippen LogP contribution < -0.4 is 0 Å². The van der Waals surface area contributed by atoms with E-state index in [1.54, 1.807) is 0 Å². The number of aromatic nitrogens is 1. The lowest BCUT2D eigenvalue weighted by Gasteiger charge is -2.23. The van der Waals surface area contributed by atoms with Gasteiger partial charge in [0.2, 0.25) is 0 Å². The Balaban J connectivity index is 2.94. The van der Waals surface area contributed by atoms with Gasteiger partial charge in [0, 0.05) is 17.8 Å². The van der Waals surface area contributed by atoms with Crippen LogP contribution in [-0.2, 0) is 0 Å². The van der Waals surface area contributed by atoms with Crippen molar-refractivity contribution in [1.82, 2.24) is 4.98 Å². The third kappa shape index (κ3) is 2.55. The number of pyridine rings is 1. The fourth-order valence-electron chi connectivity index (χ4n) is 1.82. The maximum Gasteiger partial charge on any atom is 0.0598 e. The van der Waals surface area contributed by atoms with Gasteiger partial charge in [-0.25, -0.2) is 0 Å². The molecule has 0 aliphatic heterocycles. The van der Waals surface area contributed by atoms with E-state index in [1.165, 1.54) is 0 Å². The van der Waals surface area contributed by atoms with E-state index < -0.39 is 0 Å². The molecule has 0 saturated heterocycles. The first kappa shape index (κ1) is 11.2. The van der Waals surface area contributed by atoms with E-state index >= 15 is 0 Å². The van der Waals surface area contributed by atoms with Crippen LogP contribution in [0.3, 0.4) is 0 Å². The molecule has 0 spiro atoms. The topological polar surface area (TPSA) is 33.1 Å². The second-order valence-electron chi connectivity index (χ2n) is 4.27. The quantitative estimate of drug-likeness (QED) is 0.800. The number of hydrogen-bond donors (Lipinski definition) is 1. The van der Waals surface area contributed by atoms with Crippen molar-refractivity contribution in [2.75, 3.05) is 0 Å². The summed E-state index contributed by atoms with van der Waals surface area (Å²) in [6.45, 7) is 8.06. The van der Waals surface area contributed by atoms with Crippen molar-refractivity contribution in [2.24, 2.45) is 5.92 Å². The van der Waals surface area contributed by atoms with Crippen molar-refractivity contribution in [1.29, 1.82) is 0 Å². The molecule has 1 rings (SSSR count). The standard InChI is InChI=1S/C12H19NO/c1-8(2)12(10(4)14)11-6-5-9(3)7-13-11/h5-8,10,12,14H,1-4H3. The van der Waals surface area contributed by atoms with E-state index in [0.29, 0.717) is 5.92 Å². The summed E-state index contributed by atoms with van der Waals surface area (Å²) in [4.78, 5) is 4.36. The van der Waals surface area contributed by atoms with Gasteiger partial charge in [-0.15, -0.1) is 0 Å². The van der Waals surface area contributed by atoms with Gasteiger partial charge in [0.1, 0.15) is 0 Å². The van der Waals surface area contributed by atoms with Crippen molar-refractivity contribution in [3.8, 4) is 0 Å². The average molecular weight is 193 g/mol. The summed E-state index contributed by atoms with van der Waals surface area (Å²) in [5, 5.41) is 9.67. The molecule has 1 aromatic heterocycles. The fourth-order valence-corrected chi connectivity index (χ4v) is 1.82. The highest BCUT2D eigenvalue weighted by atomic mass is 16.3. The summed E-state index contributed by atoms with van der Waals surface area (Å²) in [6.07, 6.45) is 1.51. The summed E-state index contributed by atoms with van der Waals surface area (Å²) < 4.78 is 0.